The SMILES string of the molecule is C/C(N)=C1\CCCC1=N. The van der Waals surface area contributed by atoms with Crippen LogP contribution in [0.25, 0.3) is 0 Å². The fraction of sp³-hybridized carbons (Fsp3) is 0.571. The van der Waals surface area contributed by atoms with Crippen LogP contribution in [0.1, 0.15) is 26.2 Å². The smallest absolute Gasteiger partial charge is 0.0363 e. The Morgan fingerprint density at radius 2 is 2.22 bits per heavy atom. The van der Waals surface area contributed by atoms with Gasteiger partial charge < -0.3 is 11.1 Å². The van der Waals surface area contributed by atoms with Crippen LogP contribution in [-0.4, -0.2) is 5.71 Å². The average molecular weight is 124 g/mol. The minimum atomic E-state index is 0.745. The van der Waals surface area contributed by atoms with Gasteiger partial charge in [-0.3, -0.25) is 0 Å². The number of rotatable bonds is 0. The van der Waals surface area contributed by atoms with E-state index < -0.39 is 0 Å². The molecular formula is C7H12N2. The molecule has 0 aromatic rings. The van der Waals surface area contributed by atoms with Crippen molar-refractivity contribution in [2.75, 3.05) is 0 Å². The average Bonchev–Trinajstić information content (AvgIpc) is 2.13. The predicted molar refractivity (Wildman–Crippen MR) is 38.5 cm³/mol. The standard InChI is InChI=1S/C7H12N2/c1-5(8)6-3-2-4-7(6)9/h9H,2-4,8H2,1H3/b6-5-,9-7?. The van der Waals surface area contributed by atoms with Crippen LogP contribution >= 0.6 is 0 Å². The number of hydrogen-bond donors (Lipinski definition) is 2. The van der Waals surface area contributed by atoms with E-state index in [2.05, 4.69) is 0 Å². The van der Waals surface area contributed by atoms with Crippen molar-refractivity contribution >= 4 is 5.71 Å². The molecule has 0 radical (unpaired) electrons. The molecule has 0 bridgehead atoms. The van der Waals surface area contributed by atoms with Crippen molar-refractivity contribution in [2.24, 2.45) is 5.73 Å². The molecule has 0 aliphatic heterocycles. The normalized spacial score (nSPS) is 24.8. The lowest BCUT2D eigenvalue weighted by Crippen LogP contribution is -2.01. The summed E-state index contributed by atoms with van der Waals surface area (Å²) in [6.07, 6.45) is 3.05. The van der Waals surface area contributed by atoms with Gasteiger partial charge in [-0.1, -0.05) is 0 Å². The van der Waals surface area contributed by atoms with Crippen LogP contribution < -0.4 is 5.73 Å². The van der Waals surface area contributed by atoms with Gasteiger partial charge in [0.2, 0.25) is 0 Å². The van der Waals surface area contributed by atoms with E-state index in [0.29, 0.717) is 0 Å². The highest BCUT2D eigenvalue weighted by Crippen LogP contribution is 2.21. The van der Waals surface area contributed by atoms with Gasteiger partial charge in [0.1, 0.15) is 0 Å². The van der Waals surface area contributed by atoms with E-state index in [-0.39, 0.29) is 0 Å². The van der Waals surface area contributed by atoms with E-state index in [1.165, 1.54) is 0 Å². The van der Waals surface area contributed by atoms with Crippen LogP contribution in [0.5, 0.6) is 0 Å². The molecule has 0 saturated heterocycles. The molecule has 3 N–H and O–H groups in total. The Bertz CT molecular complexity index is 164. The van der Waals surface area contributed by atoms with Crippen LogP contribution in [0.3, 0.4) is 0 Å². The van der Waals surface area contributed by atoms with E-state index >= 15 is 0 Å². The minimum Gasteiger partial charge on any atom is -0.402 e. The summed E-state index contributed by atoms with van der Waals surface area (Å²) in [4.78, 5) is 0. The van der Waals surface area contributed by atoms with Gasteiger partial charge >= 0.3 is 0 Å². The monoisotopic (exact) mass is 124 g/mol. The maximum atomic E-state index is 7.40. The Hall–Kier alpha value is -0.790. The molecule has 0 heterocycles. The molecule has 0 spiro atoms. The van der Waals surface area contributed by atoms with Gasteiger partial charge in [-0.2, -0.15) is 0 Å². The Balaban J connectivity index is 2.83. The summed E-state index contributed by atoms with van der Waals surface area (Å²) in [5.74, 6) is 0. The molecule has 0 aromatic heterocycles. The molecule has 0 amide bonds. The Morgan fingerprint density at radius 3 is 2.44 bits per heavy atom. The predicted octanol–water partition coefficient (Wildman–Crippen LogP) is 1.42. The van der Waals surface area contributed by atoms with Crippen molar-refractivity contribution in [1.29, 1.82) is 5.41 Å². The van der Waals surface area contributed by atoms with Gasteiger partial charge in [-0.05, 0) is 31.8 Å². The van der Waals surface area contributed by atoms with Crippen molar-refractivity contribution in [2.45, 2.75) is 26.2 Å². The zero-order valence-electron chi connectivity index (χ0n) is 5.70. The molecule has 0 atom stereocenters. The van der Waals surface area contributed by atoms with Gasteiger partial charge in [-0.25, -0.2) is 0 Å². The highest BCUT2D eigenvalue weighted by atomic mass is 14.6. The molecule has 0 aromatic carbocycles. The molecule has 1 fully saturated rings. The highest BCUT2D eigenvalue weighted by Gasteiger charge is 2.13. The highest BCUT2D eigenvalue weighted by molar-refractivity contribution is 6.00. The first-order chi connectivity index (χ1) is 4.22. The van der Waals surface area contributed by atoms with Gasteiger partial charge in [-0.15, -0.1) is 0 Å². The lowest BCUT2D eigenvalue weighted by molar-refractivity contribution is 0.937. The maximum absolute atomic E-state index is 7.40. The first-order valence-electron chi connectivity index (χ1n) is 3.25. The lowest BCUT2D eigenvalue weighted by atomic mass is 10.2. The van der Waals surface area contributed by atoms with Crippen LogP contribution in [0.2, 0.25) is 0 Å². The molecule has 1 rings (SSSR count). The molecule has 1 aliphatic carbocycles. The molecule has 50 valence electrons. The van der Waals surface area contributed by atoms with Gasteiger partial charge in [0.05, 0.1) is 0 Å². The van der Waals surface area contributed by atoms with Crippen molar-refractivity contribution in [1.82, 2.24) is 0 Å². The van der Waals surface area contributed by atoms with Crippen molar-refractivity contribution in [3.05, 3.63) is 11.3 Å². The zero-order chi connectivity index (χ0) is 6.85. The first kappa shape index (κ1) is 6.33. The number of nitrogens with one attached hydrogen (secondary N) is 1. The van der Waals surface area contributed by atoms with E-state index in [9.17, 15) is 0 Å². The van der Waals surface area contributed by atoms with Crippen molar-refractivity contribution < 1.29 is 0 Å². The minimum absolute atomic E-state index is 0.745. The van der Waals surface area contributed by atoms with Gasteiger partial charge in [0.25, 0.3) is 0 Å². The number of nitrogens with two attached hydrogens (primary N) is 1. The largest absolute Gasteiger partial charge is 0.402 e. The first-order valence-corrected chi connectivity index (χ1v) is 3.25. The summed E-state index contributed by atoms with van der Waals surface area (Å²) in [6.45, 7) is 1.87. The van der Waals surface area contributed by atoms with Crippen molar-refractivity contribution in [3.8, 4) is 0 Å². The third-order valence-electron chi connectivity index (χ3n) is 1.69. The van der Waals surface area contributed by atoms with Crippen LogP contribution in [-0.2, 0) is 0 Å². The molecule has 2 heteroatoms. The lowest BCUT2D eigenvalue weighted by Gasteiger charge is -1.97. The van der Waals surface area contributed by atoms with Gasteiger partial charge in [0.15, 0.2) is 0 Å². The van der Waals surface area contributed by atoms with E-state index in [1.807, 2.05) is 6.92 Å². The quantitative estimate of drug-likeness (QED) is 0.504. The molecule has 2 nitrogen and oxygen atoms in total. The van der Waals surface area contributed by atoms with Crippen LogP contribution in [0.15, 0.2) is 11.3 Å². The number of hydrogen-bond acceptors (Lipinski definition) is 2. The summed E-state index contributed by atoms with van der Waals surface area (Å²) in [7, 11) is 0. The number of allylic oxidation sites excluding steroid dienone is 2. The summed E-state index contributed by atoms with van der Waals surface area (Å²) < 4.78 is 0. The topological polar surface area (TPSA) is 49.9 Å². The zero-order valence-corrected chi connectivity index (χ0v) is 5.70. The van der Waals surface area contributed by atoms with Gasteiger partial charge in [0, 0.05) is 11.4 Å². The van der Waals surface area contributed by atoms with Crippen LogP contribution in [0, 0.1) is 5.41 Å². The molecular weight excluding hydrogens is 112 g/mol. The molecule has 0 unspecified atom stereocenters. The summed E-state index contributed by atoms with van der Waals surface area (Å²) in [6, 6.07) is 0. The molecule has 1 saturated carbocycles. The second-order valence-electron chi connectivity index (χ2n) is 2.49. The third kappa shape index (κ3) is 1.12. The Morgan fingerprint density at radius 1 is 1.56 bits per heavy atom. The maximum Gasteiger partial charge on any atom is 0.0363 e. The second-order valence-corrected chi connectivity index (χ2v) is 2.49. The Kier molecular flexibility index (Phi) is 1.56. The molecule has 9 heavy (non-hydrogen) atoms. The van der Waals surface area contributed by atoms with Crippen LogP contribution in [0.4, 0.5) is 0 Å². The molecule has 1 aliphatic rings. The summed E-state index contributed by atoms with van der Waals surface area (Å²) in [5.41, 5.74) is 8.18. The van der Waals surface area contributed by atoms with E-state index in [4.69, 9.17) is 11.1 Å². The van der Waals surface area contributed by atoms with E-state index in [1.54, 1.807) is 0 Å². The Labute approximate surface area is 55.3 Å². The fourth-order valence-corrected chi connectivity index (χ4v) is 1.18. The summed E-state index contributed by atoms with van der Waals surface area (Å²) >= 11 is 0. The summed E-state index contributed by atoms with van der Waals surface area (Å²) in [5, 5.41) is 7.40. The fourth-order valence-electron chi connectivity index (χ4n) is 1.18. The van der Waals surface area contributed by atoms with E-state index in [0.717, 1.165) is 36.2 Å². The third-order valence-corrected chi connectivity index (χ3v) is 1.69. The second kappa shape index (κ2) is 2.21. The van der Waals surface area contributed by atoms with Crippen molar-refractivity contribution in [3.63, 3.8) is 0 Å².